The first-order valence-corrected chi connectivity index (χ1v) is 5.51. The van der Waals surface area contributed by atoms with Gasteiger partial charge in [-0.15, -0.1) is 0 Å². The molecule has 0 amide bonds. The van der Waals surface area contributed by atoms with Gasteiger partial charge in [-0.05, 0) is 29.7 Å². The largest absolute Gasteiger partial charge is 0.479 e. The van der Waals surface area contributed by atoms with Crippen LogP contribution in [0.25, 0.3) is 0 Å². The van der Waals surface area contributed by atoms with E-state index in [1.165, 1.54) is 11.1 Å². The lowest BCUT2D eigenvalue weighted by Crippen LogP contribution is -1.94. The Morgan fingerprint density at radius 3 is 2.18 bits per heavy atom. The van der Waals surface area contributed by atoms with Crippen LogP contribution in [0.15, 0.2) is 54.6 Å². The van der Waals surface area contributed by atoms with E-state index in [9.17, 15) is 0 Å². The summed E-state index contributed by atoms with van der Waals surface area (Å²) in [7, 11) is 0. The van der Waals surface area contributed by atoms with Crippen molar-refractivity contribution < 1.29 is 4.74 Å². The molecule has 0 aliphatic rings. The molecule has 17 heavy (non-hydrogen) atoms. The molecule has 2 aromatic rings. The normalized spacial score (nSPS) is 9.59. The lowest BCUT2D eigenvalue weighted by Gasteiger charge is -2.04. The van der Waals surface area contributed by atoms with Gasteiger partial charge in [0, 0.05) is 0 Å². The second-order valence-electron chi connectivity index (χ2n) is 3.75. The van der Waals surface area contributed by atoms with Gasteiger partial charge in [-0.25, -0.2) is 0 Å². The SMILES string of the molecule is N#CCOc1ccc(Cc2ccccc2)cc1. The summed E-state index contributed by atoms with van der Waals surface area (Å²) >= 11 is 0. The number of hydrogen-bond donors (Lipinski definition) is 0. The number of nitriles is 1. The van der Waals surface area contributed by atoms with Crippen LogP contribution in [0.3, 0.4) is 0 Å². The first-order chi connectivity index (χ1) is 8.38. The van der Waals surface area contributed by atoms with E-state index in [-0.39, 0.29) is 6.61 Å². The molecule has 0 N–H and O–H groups in total. The highest BCUT2D eigenvalue weighted by Crippen LogP contribution is 2.15. The Morgan fingerprint density at radius 2 is 1.53 bits per heavy atom. The summed E-state index contributed by atoms with van der Waals surface area (Å²) in [5.41, 5.74) is 2.53. The van der Waals surface area contributed by atoms with Crippen molar-refractivity contribution in [2.75, 3.05) is 6.61 Å². The Hall–Kier alpha value is -2.27. The van der Waals surface area contributed by atoms with Crippen LogP contribution < -0.4 is 4.74 Å². The zero-order chi connectivity index (χ0) is 11.9. The van der Waals surface area contributed by atoms with E-state index in [1.807, 2.05) is 48.5 Å². The molecule has 2 aromatic carbocycles. The van der Waals surface area contributed by atoms with Crippen LogP contribution in [0.4, 0.5) is 0 Å². The van der Waals surface area contributed by atoms with Gasteiger partial charge in [0.25, 0.3) is 0 Å². The van der Waals surface area contributed by atoms with Crippen LogP contribution in [0.5, 0.6) is 5.75 Å². The van der Waals surface area contributed by atoms with Crippen LogP contribution in [0, 0.1) is 11.3 Å². The van der Waals surface area contributed by atoms with E-state index in [0.717, 1.165) is 12.2 Å². The van der Waals surface area contributed by atoms with Crippen LogP contribution in [-0.2, 0) is 6.42 Å². The molecule has 0 saturated heterocycles. The summed E-state index contributed by atoms with van der Waals surface area (Å²) in [5, 5.41) is 8.40. The number of benzene rings is 2. The third-order valence-corrected chi connectivity index (χ3v) is 2.48. The molecule has 0 aliphatic carbocycles. The fourth-order valence-electron chi connectivity index (χ4n) is 1.65. The van der Waals surface area contributed by atoms with Crippen molar-refractivity contribution in [3.05, 3.63) is 65.7 Å². The van der Waals surface area contributed by atoms with Crippen molar-refractivity contribution in [1.82, 2.24) is 0 Å². The number of ether oxygens (including phenoxy) is 1. The molecule has 84 valence electrons. The zero-order valence-corrected chi connectivity index (χ0v) is 9.47. The highest BCUT2D eigenvalue weighted by molar-refractivity contribution is 5.31. The van der Waals surface area contributed by atoms with Crippen LogP contribution in [-0.4, -0.2) is 6.61 Å². The van der Waals surface area contributed by atoms with E-state index >= 15 is 0 Å². The minimum absolute atomic E-state index is 0.0953. The Kier molecular flexibility index (Phi) is 3.77. The van der Waals surface area contributed by atoms with Gasteiger partial charge in [0.2, 0.25) is 0 Å². The van der Waals surface area contributed by atoms with E-state index in [4.69, 9.17) is 10.00 Å². The molecule has 0 spiro atoms. The summed E-state index contributed by atoms with van der Waals surface area (Å²) in [6.45, 7) is 0.0953. The van der Waals surface area contributed by atoms with Crippen LogP contribution >= 0.6 is 0 Å². The maximum Gasteiger partial charge on any atom is 0.174 e. The second kappa shape index (κ2) is 5.72. The molecule has 0 aliphatic heterocycles. The molecule has 0 heterocycles. The predicted octanol–water partition coefficient (Wildman–Crippen LogP) is 3.18. The van der Waals surface area contributed by atoms with Crippen LogP contribution in [0.1, 0.15) is 11.1 Å². The monoisotopic (exact) mass is 223 g/mol. The standard InChI is InChI=1S/C15H13NO/c16-10-11-17-15-8-6-14(7-9-15)12-13-4-2-1-3-5-13/h1-9H,11-12H2. The number of rotatable bonds is 4. The molecular formula is C15H13NO. The molecule has 0 atom stereocenters. The Balaban J connectivity index is 2.01. The predicted molar refractivity (Wildman–Crippen MR) is 66.8 cm³/mol. The lowest BCUT2D eigenvalue weighted by atomic mass is 10.1. The van der Waals surface area contributed by atoms with Crippen molar-refractivity contribution in [2.45, 2.75) is 6.42 Å². The molecule has 0 saturated carbocycles. The fraction of sp³-hybridized carbons (Fsp3) is 0.133. The van der Waals surface area contributed by atoms with Crippen molar-refractivity contribution in [3.63, 3.8) is 0 Å². The molecule has 2 heteroatoms. The Labute approximate surface area is 101 Å². The van der Waals surface area contributed by atoms with Crippen molar-refractivity contribution in [2.24, 2.45) is 0 Å². The lowest BCUT2D eigenvalue weighted by molar-refractivity contribution is 0.368. The third-order valence-electron chi connectivity index (χ3n) is 2.48. The molecule has 0 bridgehead atoms. The van der Waals surface area contributed by atoms with Gasteiger partial charge in [-0.2, -0.15) is 5.26 Å². The van der Waals surface area contributed by atoms with Crippen LogP contribution in [0.2, 0.25) is 0 Å². The maximum absolute atomic E-state index is 8.40. The van der Waals surface area contributed by atoms with E-state index in [0.29, 0.717) is 0 Å². The quantitative estimate of drug-likeness (QED) is 0.797. The fourth-order valence-corrected chi connectivity index (χ4v) is 1.65. The Bertz CT molecular complexity index is 497. The average molecular weight is 223 g/mol. The summed E-state index contributed by atoms with van der Waals surface area (Å²) < 4.78 is 5.20. The molecule has 0 fully saturated rings. The van der Waals surface area contributed by atoms with E-state index in [1.54, 1.807) is 0 Å². The zero-order valence-electron chi connectivity index (χ0n) is 9.47. The molecule has 0 radical (unpaired) electrons. The summed E-state index contributed by atoms with van der Waals surface area (Å²) in [6, 6.07) is 20.1. The molecule has 2 nitrogen and oxygen atoms in total. The van der Waals surface area contributed by atoms with Crippen molar-refractivity contribution in [3.8, 4) is 11.8 Å². The smallest absolute Gasteiger partial charge is 0.174 e. The summed E-state index contributed by atoms with van der Waals surface area (Å²) in [6.07, 6.45) is 0.916. The highest BCUT2D eigenvalue weighted by Gasteiger charge is 1.97. The van der Waals surface area contributed by atoms with E-state index in [2.05, 4.69) is 12.1 Å². The highest BCUT2D eigenvalue weighted by atomic mass is 16.5. The van der Waals surface area contributed by atoms with Gasteiger partial charge in [0.1, 0.15) is 11.8 Å². The molecular weight excluding hydrogens is 210 g/mol. The van der Waals surface area contributed by atoms with E-state index < -0.39 is 0 Å². The topological polar surface area (TPSA) is 33.0 Å². The van der Waals surface area contributed by atoms with Gasteiger partial charge in [-0.1, -0.05) is 42.5 Å². The summed E-state index contributed by atoms with van der Waals surface area (Å²) in [4.78, 5) is 0. The number of hydrogen-bond acceptors (Lipinski definition) is 2. The minimum atomic E-state index is 0.0953. The van der Waals surface area contributed by atoms with Gasteiger partial charge >= 0.3 is 0 Å². The minimum Gasteiger partial charge on any atom is -0.479 e. The van der Waals surface area contributed by atoms with Crippen molar-refractivity contribution >= 4 is 0 Å². The first kappa shape index (κ1) is 11.2. The van der Waals surface area contributed by atoms with Gasteiger partial charge in [0.15, 0.2) is 6.61 Å². The van der Waals surface area contributed by atoms with Gasteiger partial charge in [0.05, 0.1) is 0 Å². The third kappa shape index (κ3) is 3.35. The molecule has 0 aromatic heterocycles. The summed E-state index contributed by atoms with van der Waals surface area (Å²) in [5.74, 6) is 0.739. The number of nitrogens with zero attached hydrogens (tertiary/aromatic N) is 1. The first-order valence-electron chi connectivity index (χ1n) is 5.51. The molecule has 0 unspecified atom stereocenters. The second-order valence-corrected chi connectivity index (χ2v) is 3.75. The van der Waals surface area contributed by atoms with Gasteiger partial charge < -0.3 is 4.74 Å². The van der Waals surface area contributed by atoms with Crippen molar-refractivity contribution in [1.29, 1.82) is 5.26 Å². The Morgan fingerprint density at radius 1 is 0.882 bits per heavy atom. The maximum atomic E-state index is 8.40. The van der Waals surface area contributed by atoms with Gasteiger partial charge in [-0.3, -0.25) is 0 Å². The molecule has 2 rings (SSSR count). The average Bonchev–Trinajstić information content (AvgIpc) is 2.39.